The van der Waals surface area contributed by atoms with E-state index in [1.807, 2.05) is 6.92 Å². The second-order valence-corrected chi connectivity index (χ2v) is 7.47. The smallest absolute Gasteiger partial charge is 0.256 e. The number of hydrogen-bond acceptors (Lipinski definition) is 6. The molecule has 0 aromatic carbocycles. The summed E-state index contributed by atoms with van der Waals surface area (Å²) < 4.78 is 23.0. The highest BCUT2D eigenvalue weighted by Gasteiger charge is 2.23. The molecule has 118 valence electrons. The Morgan fingerprint density at radius 2 is 2.14 bits per heavy atom. The summed E-state index contributed by atoms with van der Waals surface area (Å²) in [6, 6.07) is 0. The maximum atomic E-state index is 12.1. The van der Waals surface area contributed by atoms with E-state index in [0.717, 1.165) is 17.8 Å². The molecule has 2 aromatic rings. The average Bonchev–Trinajstić information content (AvgIpc) is 2.83. The minimum Gasteiger partial charge on any atom is -0.345 e. The van der Waals surface area contributed by atoms with Gasteiger partial charge in [-0.15, -0.1) is 0 Å². The number of imidazole rings is 1. The van der Waals surface area contributed by atoms with Crippen LogP contribution in [0.1, 0.15) is 22.8 Å². The van der Waals surface area contributed by atoms with Gasteiger partial charge in [-0.05, 0) is 6.92 Å². The molecule has 0 aliphatic carbocycles. The molecular weight excluding hydrogens is 306 g/mol. The summed E-state index contributed by atoms with van der Waals surface area (Å²) in [6.07, 6.45) is 3.34. The van der Waals surface area contributed by atoms with E-state index in [-0.39, 0.29) is 10.7 Å². The molecule has 3 rings (SSSR count). The van der Waals surface area contributed by atoms with Crippen molar-refractivity contribution >= 4 is 9.84 Å². The minimum absolute atomic E-state index is 0.258. The number of aromatic nitrogens is 4. The molecule has 3 heterocycles. The van der Waals surface area contributed by atoms with Crippen molar-refractivity contribution in [3.63, 3.8) is 0 Å². The maximum Gasteiger partial charge on any atom is 0.256 e. The van der Waals surface area contributed by atoms with Crippen molar-refractivity contribution in [2.45, 2.75) is 31.6 Å². The van der Waals surface area contributed by atoms with Crippen molar-refractivity contribution in [3.05, 3.63) is 39.3 Å². The Hall–Kier alpha value is -2.00. The number of rotatable bonds is 3. The molecule has 0 unspecified atom stereocenters. The van der Waals surface area contributed by atoms with Gasteiger partial charge in [0, 0.05) is 37.7 Å². The van der Waals surface area contributed by atoms with Crippen molar-refractivity contribution in [2.24, 2.45) is 0 Å². The Morgan fingerprint density at radius 3 is 2.77 bits per heavy atom. The number of aryl methyl sites for hydroxylation is 1. The first-order valence-electron chi connectivity index (χ1n) is 6.88. The summed E-state index contributed by atoms with van der Waals surface area (Å²) in [5, 5.41) is -0.258. The highest BCUT2D eigenvalue weighted by molar-refractivity contribution is 7.90. The van der Waals surface area contributed by atoms with Crippen molar-refractivity contribution in [2.75, 3.05) is 12.8 Å². The predicted molar refractivity (Wildman–Crippen MR) is 79.1 cm³/mol. The first-order chi connectivity index (χ1) is 10.3. The first kappa shape index (κ1) is 14.9. The number of nitrogens with one attached hydrogen (secondary N) is 2. The Bertz CT molecular complexity index is 868. The van der Waals surface area contributed by atoms with E-state index in [4.69, 9.17) is 0 Å². The Kier molecular flexibility index (Phi) is 3.61. The third-order valence-electron chi connectivity index (χ3n) is 3.61. The van der Waals surface area contributed by atoms with E-state index < -0.39 is 9.84 Å². The highest BCUT2D eigenvalue weighted by Crippen LogP contribution is 2.16. The van der Waals surface area contributed by atoms with Crippen LogP contribution in [0.25, 0.3) is 0 Å². The number of fused-ring (bicyclic) bond motifs is 1. The lowest BCUT2D eigenvalue weighted by molar-refractivity contribution is 0.235. The number of sulfone groups is 1. The van der Waals surface area contributed by atoms with Crippen LogP contribution >= 0.6 is 0 Å². The van der Waals surface area contributed by atoms with Crippen LogP contribution in [-0.2, 0) is 29.3 Å². The summed E-state index contributed by atoms with van der Waals surface area (Å²) in [5.74, 6) is 0.845. The van der Waals surface area contributed by atoms with E-state index in [1.54, 1.807) is 6.20 Å². The van der Waals surface area contributed by atoms with Crippen LogP contribution in [-0.4, -0.2) is 46.1 Å². The summed E-state index contributed by atoms with van der Waals surface area (Å²) >= 11 is 0. The van der Waals surface area contributed by atoms with E-state index >= 15 is 0 Å². The monoisotopic (exact) mass is 323 g/mol. The van der Waals surface area contributed by atoms with Crippen LogP contribution < -0.4 is 5.56 Å². The number of hydrogen-bond donors (Lipinski definition) is 2. The fourth-order valence-electron chi connectivity index (χ4n) is 2.53. The van der Waals surface area contributed by atoms with Gasteiger partial charge in [0.05, 0.1) is 17.8 Å². The van der Waals surface area contributed by atoms with Crippen LogP contribution in [0, 0.1) is 6.92 Å². The second kappa shape index (κ2) is 5.33. The molecule has 0 atom stereocenters. The molecule has 0 saturated heterocycles. The standard InChI is InChI=1S/C13H17N5O3S/c1-8-5-14-11(15-8)7-18-4-3-10-9(6-18)12(19)17-13(16-10)22(2,20)21/h5H,3-4,6-7H2,1-2H3,(H,14,15)(H,16,17,19). The summed E-state index contributed by atoms with van der Waals surface area (Å²) in [4.78, 5) is 28.1. The average molecular weight is 323 g/mol. The number of H-pyrrole nitrogens is 2. The van der Waals surface area contributed by atoms with Crippen LogP contribution in [0.2, 0.25) is 0 Å². The fourth-order valence-corrected chi connectivity index (χ4v) is 3.08. The van der Waals surface area contributed by atoms with Gasteiger partial charge in [0.25, 0.3) is 5.56 Å². The van der Waals surface area contributed by atoms with Crippen LogP contribution in [0.15, 0.2) is 16.1 Å². The fraction of sp³-hybridized carbons (Fsp3) is 0.462. The summed E-state index contributed by atoms with van der Waals surface area (Å²) in [6.45, 7) is 3.68. The van der Waals surface area contributed by atoms with Crippen molar-refractivity contribution in [1.29, 1.82) is 0 Å². The Labute approximate surface area is 127 Å². The molecule has 1 aliphatic heterocycles. The largest absolute Gasteiger partial charge is 0.345 e. The molecule has 1 aliphatic rings. The zero-order chi connectivity index (χ0) is 15.9. The van der Waals surface area contributed by atoms with E-state index in [0.29, 0.717) is 37.3 Å². The topological polar surface area (TPSA) is 112 Å². The number of aromatic amines is 2. The normalized spacial score (nSPS) is 15.7. The Morgan fingerprint density at radius 1 is 1.36 bits per heavy atom. The van der Waals surface area contributed by atoms with E-state index in [9.17, 15) is 13.2 Å². The van der Waals surface area contributed by atoms with Gasteiger partial charge in [-0.3, -0.25) is 14.7 Å². The van der Waals surface area contributed by atoms with E-state index in [1.165, 1.54) is 0 Å². The van der Waals surface area contributed by atoms with Gasteiger partial charge in [0.1, 0.15) is 5.82 Å². The zero-order valence-electron chi connectivity index (χ0n) is 12.4. The van der Waals surface area contributed by atoms with Gasteiger partial charge < -0.3 is 4.98 Å². The third kappa shape index (κ3) is 2.95. The van der Waals surface area contributed by atoms with Crippen molar-refractivity contribution < 1.29 is 8.42 Å². The van der Waals surface area contributed by atoms with Gasteiger partial charge >= 0.3 is 0 Å². The zero-order valence-corrected chi connectivity index (χ0v) is 13.2. The lowest BCUT2D eigenvalue weighted by Crippen LogP contribution is -2.36. The minimum atomic E-state index is -3.51. The molecule has 9 heteroatoms. The molecule has 2 N–H and O–H groups in total. The van der Waals surface area contributed by atoms with Gasteiger partial charge in [-0.2, -0.15) is 0 Å². The van der Waals surface area contributed by atoms with Crippen molar-refractivity contribution in [3.8, 4) is 0 Å². The van der Waals surface area contributed by atoms with Gasteiger partial charge in [-0.25, -0.2) is 18.4 Å². The molecule has 0 spiro atoms. The quantitative estimate of drug-likeness (QED) is 0.754. The number of nitrogens with zero attached hydrogens (tertiary/aromatic N) is 3. The van der Waals surface area contributed by atoms with Crippen LogP contribution in [0.3, 0.4) is 0 Å². The van der Waals surface area contributed by atoms with Crippen LogP contribution in [0.5, 0.6) is 0 Å². The second-order valence-electron chi connectivity index (χ2n) is 5.54. The van der Waals surface area contributed by atoms with E-state index in [2.05, 4.69) is 24.8 Å². The van der Waals surface area contributed by atoms with Crippen molar-refractivity contribution in [1.82, 2.24) is 24.8 Å². The summed E-state index contributed by atoms with van der Waals surface area (Å²) in [7, 11) is -3.51. The third-order valence-corrected chi connectivity index (χ3v) is 4.50. The molecule has 22 heavy (non-hydrogen) atoms. The molecule has 0 bridgehead atoms. The molecule has 2 aromatic heterocycles. The maximum absolute atomic E-state index is 12.1. The SMILES string of the molecule is Cc1cnc(CN2CCc3nc(S(C)(=O)=O)[nH]c(=O)c3C2)[nH]1. The Balaban J connectivity index is 1.86. The molecule has 8 nitrogen and oxygen atoms in total. The predicted octanol–water partition coefficient (Wildman–Crippen LogP) is -0.237. The van der Waals surface area contributed by atoms with Gasteiger partial charge in [0.15, 0.2) is 0 Å². The van der Waals surface area contributed by atoms with Gasteiger partial charge in [-0.1, -0.05) is 0 Å². The molecular formula is C13H17N5O3S. The van der Waals surface area contributed by atoms with Crippen LogP contribution in [0.4, 0.5) is 0 Å². The summed E-state index contributed by atoms with van der Waals surface area (Å²) in [5.41, 5.74) is 1.70. The first-order valence-corrected chi connectivity index (χ1v) is 8.77. The lowest BCUT2D eigenvalue weighted by atomic mass is 10.1. The molecule has 0 fully saturated rings. The molecule has 0 radical (unpaired) electrons. The molecule has 0 amide bonds. The lowest BCUT2D eigenvalue weighted by Gasteiger charge is -2.26. The van der Waals surface area contributed by atoms with Gasteiger partial charge in [0.2, 0.25) is 15.0 Å². The highest BCUT2D eigenvalue weighted by atomic mass is 32.2. The molecule has 0 saturated carbocycles.